The van der Waals surface area contributed by atoms with E-state index in [-0.39, 0.29) is 21.4 Å². The summed E-state index contributed by atoms with van der Waals surface area (Å²) in [5.74, 6) is -2.19. The molecule has 0 aliphatic carbocycles. The van der Waals surface area contributed by atoms with Crippen LogP contribution < -0.4 is 10.6 Å². The van der Waals surface area contributed by atoms with Gasteiger partial charge in [0.25, 0.3) is 0 Å². The van der Waals surface area contributed by atoms with E-state index in [0.717, 1.165) is 18.2 Å². The number of carbonyl (C=O) groups excluding carboxylic acids is 2. The molecule has 0 saturated carbocycles. The van der Waals surface area contributed by atoms with Crippen molar-refractivity contribution in [3.8, 4) is 0 Å². The molecule has 0 radical (unpaired) electrons. The number of carbonyl (C=O) groups is 2. The Labute approximate surface area is 144 Å². The molecule has 2 amide bonds. The highest BCUT2D eigenvalue weighted by Gasteiger charge is 2.30. The summed E-state index contributed by atoms with van der Waals surface area (Å²) in [5, 5.41) is 4.79. The molecule has 0 fully saturated rings. The molecule has 2 rings (SSSR count). The maximum absolute atomic E-state index is 12.6. The first-order valence-corrected chi connectivity index (χ1v) is 7.17. The van der Waals surface area contributed by atoms with Gasteiger partial charge in [-0.2, -0.15) is 13.2 Å². The van der Waals surface area contributed by atoms with Gasteiger partial charge in [-0.3, -0.25) is 9.59 Å². The zero-order valence-corrected chi connectivity index (χ0v) is 13.3. The van der Waals surface area contributed by atoms with Gasteiger partial charge >= 0.3 is 18.0 Å². The van der Waals surface area contributed by atoms with Gasteiger partial charge in [-0.05, 0) is 36.4 Å². The Balaban J connectivity index is 2.06. The number of alkyl halides is 3. The van der Waals surface area contributed by atoms with Crippen LogP contribution in [0, 0.1) is 0 Å². The minimum Gasteiger partial charge on any atom is -0.318 e. The lowest BCUT2D eigenvalue weighted by Crippen LogP contribution is -2.29. The standard InChI is InChI=1S/C15H9Cl2F3N2O2/c16-11-5-4-10(7-12(11)17)22-14(24)13(23)21-9-3-1-2-8(6-9)15(18,19)20/h1-7H,(H,21,23)(H,22,24). The maximum atomic E-state index is 12.6. The fraction of sp³-hybridized carbons (Fsp3) is 0.0667. The van der Waals surface area contributed by atoms with Crippen LogP contribution in [0.1, 0.15) is 5.56 Å². The summed E-state index contributed by atoms with van der Waals surface area (Å²) in [7, 11) is 0. The molecule has 9 heteroatoms. The van der Waals surface area contributed by atoms with Gasteiger partial charge in [-0.25, -0.2) is 0 Å². The molecule has 0 unspecified atom stereocenters. The Morgan fingerprint density at radius 3 is 1.96 bits per heavy atom. The second-order valence-electron chi connectivity index (χ2n) is 4.62. The quantitative estimate of drug-likeness (QED) is 0.753. The molecule has 0 saturated heterocycles. The summed E-state index contributed by atoms with van der Waals surface area (Å²) in [4.78, 5) is 23.5. The fourth-order valence-electron chi connectivity index (χ4n) is 1.72. The van der Waals surface area contributed by atoms with Gasteiger partial charge < -0.3 is 10.6 Å². The van der Waals surface area contributed by atoms with E-state index in [0.29, 0.717) is 0 Å². The van der Waals surface area contributed by atoms with Gasteiger partial charge in [0.05, 0.1) is 15.6 Å². The second kappa shape index (κ2) is 7.11. The Hall–Kier alpha value is -2.25. The number of halogens is 5. The smallest absolute Gasteiger partial charge is 0.318 e. The normalized spacial score (nSPS) is 11.0. The molecule has 2 N–H and O–H groups in total. The molecule has 0 aliphatic rings. The number of anilines is 2. The van der Waals surface area contributed by atoms with Gasteiger partial charge in [-0.15, -0.1) is 0 Å². The molecule has 0 atom stereocenters. The highest BCUT2D eigenvalue weighted by Crippen LogP contribution is 2.30. The van der Waals surface area contributed by atoms with Crippen molar-refractivity contribution in [2.24, 2.45) is 0 Å². The Morgan fingerprint density at radius 1 is 0.833 bits per heavy atom. The lowest BCUT2D eigenvalue weighted by molar-refractivity contribution is -0.137. The van der Waals surface area contributed by atoms with E-state index in [4.69, 9.17) is 23.2 Å². The largest absolute Gasteiger partial charge is 0.416 e. The van der Waals surface area contributed by atoms with Crippen LogP contribution in [0.4, 0.5) is 24.5 Å². The van der Waals surface area contributed by atoms with Crippen LogP contribution in [0.2, 0.25) is 10.0 Å². The molecular formula is C15H9Cl2F3N2O2. The van der Waals surface area contributed by atoms with Crippen LogP contribution >= 0.6 is 23.2 Å². The van der Waals surface area contributed by atoms with Crippen LogP contribution in [0.3, 0.4) is 0 Å². The molecule has 0 heterocycles. The molecule has 0 bridgehead atoms. The van der Waals surface area contributed by atoms with Gasteiger partial charge in [0, 0.05) is 11.4 Å². The lowest BCUT2D eigenvalue weighted by atomic mass is 10.2. The van der Waals surface area contributed by atoms with Crippen LogP contribution in [-0.2, 0) is 15.8 Å². The van der Waals surface area contributed by atoms with E-state index >= 15 is 0 Å². The Bertz CT molecular complexity index is 795. The predicted octanol–water partition coefficient (Wildman–Crippen LogP) is 4.59. The van der Waals surface area contributed by atoms with Crippen molar-refractivity contribution in [2.75, 3.05) is 10.6 Å². The van der Waals surface area contributed by atoms with Crippen molar-refractivity contribution >= 4 is 46.4 Å². The first-order valence-electron chi connectivity index (χ1n) is 6.41. The summed E-state index contributed by atoms with van der Waals surface area (Å²) in [5.41, 5.74) is -0.877. The van der Waals surface area contributed by atoms with Gasteiger partial charge in [0.15, 0.2) is 0 Å². The average Bonchev–Trinajstić information content (AvgIpc) is 2.50. The van der Waals surface area contributed by atoms with Crippen LogP contribution in [0.25, 0.3) is 0 Å². The van der Waals surface area contributed by atoms with Crippen molar-refractivity contribution in [3.05, 3.63) is 58.1 Å². The number of rotatable bonds is 2. The zero-order valence-electron chi connectivity index (χ0n) is 11.7. The third kappa shape index (κ3) is 4.62. The van der Waals surface area contributed by atoms with E-state index in [2.05, 4.69) is 10.6 Å². The number of nitrogens with one attached hydrogen (secondary N) is 2. The van der Waals surface area contributed by atoms with Crippen molar-refractivity contribution in [3.63, 3.8) is 0 Å². The monoisotopic (exact) mass is 376 g/mol. The van der Waals surface area contributed by atoms with E-state index in [1.54, 1.807) is 0 Å². The molecule has 24 heavy (non-hydrogen) atoms. The average molecular weight is 377 g/mol. The summed E-state index contributed by atoms with van der Waals surface area (Å²) >= 11 is 11.5. The van der Waals surface area contributed by atoms with Crippen molar-refractivity contribution in [1.82, 2.24) is 0 Å². The van der Waals surface area contributed by atoms with Gasteiger partial charge in [0.2, 0.25) is 0 Å². The predicted molar refractivity (Wildman–Crippen MR) is 85.2 cm³/mol. The minimum absolute atomic E-state index is 0.154. The van der Waals surface area contributed by atoms with Crippen LogP contribution in [-0.4, -0.2) is 11.8 Å². The SMILES string of the molecule is O=C(Nc1cccc(C(F)(F)F)c1)C(=O)Nc1ccc(Cl)c(Cl)c1. The molecule has 2 aromatic carbocycles. The molecule has 2 aromatic rings. The van der Waals surface area contributed by atoms with E-state index in [9.17, 15) is 22.8 Å². The highest BCUT2D eigenvalue weighted by molar-refractivity contribution is 6.44. The van der Waals surface area contributed by atoms with E-state index in [1.165, 1.54) is 24.3 Å². The number of benzene rings is 2. The molecule has 0 spiro atoms. The number of hydrogen-bond acceptors (Lipinski definition) is 2. The molecular weight excluding hydrogens is 368 g/mol. The summed E-state index contributed by atoms with van der Waals surface area (Å²) in [6.07, 6.45) is -4.55. The third-order valence-electron chi connectivity index (χ3n) is 2.83. The molecule has 0 aromatic heterocycles. The topological polar surface area (TPSA) is 58.2 Å². The third-order valence-corrected chi connectivity index (χ3v) is 3.57. The summed E-state index contributed by atoms with van der Waals surface area (Å²) in [6, 6.07) is 8.11. The van der Waals surface area contributed by atoms with Gasteiger partial charge in [0.1, 0.15) is 0 Å². The summed E-state index contributed by atoms with van der Waals surface area (Å²) < 4.78 is 37.8. The minimum atomic E-state index is -4.55. The lowest BCUT2D eigenvalue weighted by Gasteiger charge is -2.10. The Morgan fingerprint density at radius 2 is 1.42 bits per heavy atom. The molecule has 0 aliphatic heterocycles. The fourth-order valence-corrected chi connectivity index (χ4v) is 2.02. The second-order valence-corrected chi connectivity index (χ2v) is 5.43. The number of amides is 2. The summed E-state index contributed by atoms with van der Waals surface area (Å²) in [6.45, 7) is 0. The van der Waals surface area contributed by atoms with Crippen LogP contribution in [0.15, 0.2) is 42.5 Å². The van der Waals surface area contributed by atoms with Crippen molar-refractivity contribution in [2.45, 2.75) is 6.18 Å². The molecule has 4 nitrogen and oxygen atoms in total. The van der Waals surface area contributed by atoms with E-state index in [1.807, 2.05) is 0 Å². The highest BCUT2D eigenvalue weighted by atomic mass is 35.5. The number of hydrogen-bond donors (Lipinski definition) is 2. The first kappa shape index (κ1) is 18.1. The first-order chi connectivity index (χ1) is 11.2. The van der Waals surface area contributed by atoms with Crippen molar-refractivity contribution < 1.29 is 22.8 Å². The van der Waals surface area contributed by atoms with Gasteiger partial charge in [-0.1, -0.05) is 29.3 Å². The van der Waals surface area contributed by atoms with E-state index < -0.39 is 23.6 Å². The van der Waals surface area contributed by atoms with Crippen LogP contribution in [0.5, 0.6) is 0 Å². The van der Waals surface area contributed by atoms with Crippen molar-refractivity contribution in [1.29, 1.82) is 0 Å². The maximum Gasteiger partial charge on any atom is 0.416 e. The Kier molecular flexibility index (Phi) is 5.36. The molecule has 126 valence electrons. The zero-order chi connectivity index (χ0) is 17.9.